The maximum absolute atomic E-state index is 12.2. The van der Waals surface area contributed by atoms with Gasteiger partial charge in [0.1, 0.15) is 11.6 Å². The van der Waals surface area contributed by atoms with Crippen LogP contribution in [0.3, 0.4) is 0 Å². The number of likely N-dealkylation sites (tertiary alicyclic amines) is 1. The molecule has 3 N–H and O–H groups in total. The van der Waals surface area contributed by atoms with Crippen molar-refractivity contribution in [3.8, 4) is 6.07 Å². The molecular formula is C17H17N3O5. The number of hydrogen-bond donors (Lipinski definition) is 3. The van der Waals surface area contributed by atoms with Gasteiger partial charge in [-0.15, -0.1) is 0 Å². The first-order valence-electron chi connectivity index (χ1n) is 7.64. The van der Waals surface area contributed by atoms with Gasteiger partial charge >= 0.3 is 11.9 Å². The minimum atomic E-state index is -1.12. The number of carboxylic acid groups (broad SMARTS) is 2. The Kier molecular flexibility index (Phi) is 5.74. The molecule has 1 aliphatic rings. The van der Waals surface area contributed by atoms with Gasteiger partial charge in [-0.25, -0.2) is 4.79 Å². The molecule has 1 aromatic rings. The van der Waals surface area contributed by atoms with Crippen molar-refractivity contribution in [3.63, 3.8) is 0 Å². The normalized spacial score (nSPS) is 15.3. The fourth-order valence-corrected chi connectivity index (χ4v) is 2.52. The van der Waals surface area contributed by atoms with E-state index in [0.717, 1.165) is 0 Å². The monoisotopic (exact) mass is 343 g/mol. The quantitative estimate of drug-likeness (QED) is 0.546. The van der Waals surface area contributed by atoms with Crippen LogP contribution in [0.15, 0.2) is 36.0 Å². The Bertz CT molecular complexity index is 758. The number of carboxylic acids is 2. The second kappa shape index (κ2) is 7.97. The average molecular weight is 343 g/mol. The lowest BCUT2D eigenvalue weighted by Crippen LogP contribution is -2.33. The fourth-order valence-electron chi connectivity index (χ4n) is 2.52. The number of aliphatic carboxylic acids is 1. The Hall–Kier alpha value is -3.34. The van der Waals surface area contributed by atoms with Crippen LogP contribution in [0, 0.1) is 17.2 Å². The summed E-state index contributed by atoms with van der Waals surface area (Å²) in [5.41, 5.74) is 0.168. The van der Waals surface area contributed by atoms with Crippen LogP contribution in [0.25, 0.3) is 0 Å². The highest BCUT2D eigenvalue weighted by Gasteiger charge is 2.24. The molecule has 130 valence electrons. The minimum absolute atomic E-state index is 0.0241. The number of carbonyl (C=O) groups is 3. The average Bonchev–Trinajstić information content (AvgIpc) is 2.60. The van der Waals surface area contributed by atoms with E-state index in [1.165, 1.54) is 30.5 Å². The highest BCUT2D eigenvalue weighted by atomic mass is 16.4. The van der Waals surface area contributed by atoms with E-state index in [9.17, 15) is 19.6 Å². The zero-order chi connectivity index (χ0) is 18.4. The van der Waals surface area contributed by atoms with E-state index in [1.54, 1.807) is 4.90 Å². The second-order valence-corrected chi connectivity index (χ2v) is 5.64. The maximum Gasteiger partial charge on any atom is 0.335 e. The van der Waals surface area contributed by atoms with E-state index >= 15 is 0 Å². The molecule has 1 aromatic carbocycles. The Labute approximate surface area is 144 Å². The summed E-state index contributed by atoms with van der Waals surface area (Å²) >= 11 is 0. The molecule has 8 heteroatoms. The second-order valence-electron chi connectivity index (χ2n) is 5.64. The summed E-state index contributed by atoms with van der Waals surface area (Å²) < 4.78 is 0. The molecule has 0 aliphatic carbocycles. The van der Waals surface area contributed by atoms with Gasteiger partial charge in [-0.3, -0.25) is 9.59 Å². The topological polar surface area (TPSA) is 131 Å². The summed E-state index contributed by atoms with van der Waals surface area (Å²) in [5.74, 6) is -3.00. The zero-order valence-electron chi connectivity index (χ0n) is 13.3. The molecule has 0 atom stereocenters. The standard InChI is InChI=1S/C17H17N3O5/c18-9-13(10-20-6-4-11(5-7-20)16(22)23)15(21)19-14-3-1-2-12(8-14)17(24)25/h1-3,8,10-11H,4-7H2,(H,19,21)(H,22,23)(H,24,25)/b13-10-. The number of rotatable bonds is 5. The summed E-state index contributed by atoms with van der Waals surface area (Å²) in [4.78, 5) is 35.8. The van der Waals surface area contributed by atoms with Gasteiger partial charge in [-0.2, -0.15) is 5.26 Å². The van der Waals surface area contributed by atoms with Crippen molar-refractivity contribution in [2.75, 3.05) is 18.4 Å². The van der Waals surface area contributed by atoms with Crippen molar-refractivity contribution in [3.05, 3.63) is 41.6 Å². The molecule has 25 heavy (non-hydrogen) atoms. The van der Waals surface area contributed by atoms with Crippen molar-refractivity contribution in [1.82, 2.24) is 4.90 Å². The van der Waals surface area contributed by atoms with Crippen molar-refractivity contribution in [1.29, 1.82) is 5.26 Å². The first kappa shape index (κ1) is 18.0. The molecule has 0 unspecified atom stereocenters. The van der Waals surface area contributed by atoms with Crippen LogP contribution >= 0.6 is 0 Å². The predicted molar refractivity (Wildman–Crippen MR) is 87.7 cm³/mol. The molecule has 1 saturated heterocycles. The number of anilines is 1. The summed E-state index contributed by atoms with van der Waals surface area (Å²) in [6.07, 6.45) is 2.31. The van der Waals surface area contributed by atoms with Crippen LogP contribution in [0.5, 0.6) is 0 Å². The molecule has 0 bridgehead atoms. The van der Waals surface area contributed by atoms with E-state index < -0.39 is 23.8 Å². The summed E-state index contributed by atoms with van der Waals surface area (Å²) in [5, 5.41) is 29.6. The molecule has 1 heterocycles. The summed E-state index contributed by atoms with van der Waals surface area (Å²) in [7, 11) is 0. The number of nitriles is 1. The first-order chi connectivity index (χ1) is 11.9. The van der Waals surface area contributed by atoms with Crippen LogP contribution in [-0.2, 0) is 9.59 Å². The Morgan fingerprint density at radius 1 is 1.24 bits per heavy atom. The van der Waals surface area contributed by atoms with Gasteiger partial charge in [0.2, 0.25) is 0 Å². The highest BCUT2D eigenvalue weighted by molar-refractivity contribution is 6.06. The predicted octanol–water partition coefficient (Wildman–Crippen LogP) is 1.53. The SMILES string of the molecule is N#C/C(=C/N1CCC(C(=O)O)CC1)C(=O)Nc1cccc(C(=O)O)c1. The van der Waals surface area contributed by atoms with Crippen molar-refractivity contribution in [2.45, 2.75) is 12.8 Å². The van der Waals surface area contributed by atoms with Gasteiger partial charge in [0.25, 0.3) is 5.91 Å². The molecule has 0 spiro atoms. The fraction of sp³-hybridized carbons (Fsp3) is 0.294. The third-order valence-electron chi connectivity index (χ3n) is 3.92. The van der Waals surface area contributed by atoms with Crippen molar-refractivity contribution >= 4 is 23.5 Å². The number of piperidine rings is 1. The third-order valence-corrected chi connectivity index (χ3v) is 3.92. The zero-order valence-corrected chi connectivity index (χ0v) is 13.3. The lowest BCUT2D eigenvalue weighted by Gasteiger charge is -2.29. The number of aromatic carboxylic acids is 1. The van der Waals surface area contributed by atoms with E-state index in [-0.39, 0.29) is 16.8 Å². The van der Waals surface area contributed by atoms with E-state index in [2.05, 4.69) is 5.32 Å². The van der Waals surface area contributed by atoms with Gasteiger partial charge < -0.3 is 20.4 Å². The lowest BCUT2D eigenvalue weighted by molar-refractivity contribution is -0.143. The molecule has 1 fully saturated rings. The van der Waals surface area contributed by atoms with Crippen LogP contribution in [-0.4, -0.2) is 46.0 Å². The lowest BCUT2D eigenvalue weighted by atomic mass is 9.97. The van der Waals surface area contributed by atoms with Gasteiger partial charge in [0.05, 0.1) is 11.5 Å². The molecule has 1 aliphatic heterocycles. The van der Waals surface area contributed by atoms with Crippen molar-refractivity contribution in [2.24, 2.45) is 5.92 Å². The minimum Gasteiger partial charge on any atom is -0.481 e. The molecule has 0 radical (unpaired) electrons. The van der Waals surface area contributed by atoms with Crippen LogP contribution < -0.4 is 5.32 Å². The molecule has 1 amide bonds. The smallest absolute Gasteiger partial charge is 0.335 e. The van der Waals surface area contributed by atoms with Crippen LogP contribution in [0.4, 0.5) is 5.69 Å². The van der Waals surface area contributed by atoms with Gasteiger partial charge in [0.15, 0.2) is 0 Å². The van der Waals surface area contributed by atoms with E-state index in [4.69, 9.17) is 10.2 Å². The Balaban J connectivity index is 2.04. The number of hydrogen-bond acceptors (Lipinski definition) is 5. The number of carbonyl (C=O) groups excluding carboxylic acids is 1. The maximum atomic E-state index is 12.2. The molecule has 0 saturated carbocycles. The third kappa shape index (κ3) is 4.81. The van der Waals surface area contributed by atoms with Gasteiger partial charge in [0, 0.05) is 25.0 Å². The molecular weight excluding hydrogens is 326 g/mol. The van der Waals surface area contributed by atoms with Gasteiger partial charge in [-0.1, -0.05) is 6.07 Å². The number of amides is 1. The summed E-state index contributed by atoms with van der Waals surface area (Å²) in [6, 6.07) is 7.53. The molecule has 2 rings (SSSR count). The summed E-state index contributed by atoms with van der Waals surface area (Å²) in [6.45, 7) is 0.897. The first-order valence-corrected chi connectivity index (χ1v) is 7.64. The highest BCUT2D eigenvalue weighted by Crippen LogP contribution is 2.18. The van der Waals surface area contributed by atoms with Crippen molar-refractivity contribution < 1.29 is 24.6 Å². The Morgan fingerprint density at radius 2 is 1.92 bits per heavy atom. The molecule has 0 aromatic heterocycles. The van der Waals surface area contributed by atoms with Gasteiger partial charge in [-0.05, 0) is 31.0 Å². The number of nitrogens with zero attached hydrogens (tertiary/aromatic N) is 2. The van der Waals surface area contributed by atoms with Crippen LogP contribution in [0.2, 0.25) is 0 Å². The van der Waals surface area contributed by atoms with E-state index in [1.807, 2.05) is 6.07 Å². The van der Waals surface area contributed by atoms with Crippen LogP contribution in [0.1, 0.15) is 23.2 Å². The number of nitrogens with one attached hydrogen (secondary N) is 1. The largest absolute Gasteiger partial charge is 0.481 e. The number of benzene rings is 1. The Morgan fingerprint density at radius 3 is 2.48 bits per heavy atom. The molecule has 8 nitrogen and oxygen atoms in total. The van der Waals surface area contributed by atoms with E-state index in [0.29, 0.717) is 25.9 Å².